The predicted octanol–water partition coefficient (Wildman–Crippen LogP) is 1.53. The maximum absolute atomic E-state index is 13.3. The number of esters is 1. The molecule has 0 aliphatic rings. The van der Waals surface area contributed by atoms with Crippen molar-refractivity contribution >= 4 is 11.9 Å². The molecule has 1 N–H and O–H groups in total. The van der Waals surface area contributed by atoms with Crippen LogP contribution in [0.25, 0.3) is 0 Å². The lowest BCUT2D eigenvalue weighted by molar-refractivity contribution is -0.142. The maximum atomic E-state index is 13.3. The quantitative estimate of drug-likeness (QED) is 0.395. The number of nitrogens with one attached hydrogen (secondary N) is 1. The average Bonchev–Trinajstić information content (AvgIpc) is 2.39. The number of hydrogen-bond donors (Lipinski definition) is 1. The molecule has 0 aliphatic carbocycles. The number of rotatable bonds is 3. The van der Waals surface area contributed by atoms with Gasteiger partial charge in [0.25, 0.3) is 5.91 Å². The van der Waals surface area contributed by atoms with E-state index in [1.807, 2.05) is 5.32 Å². The summed E-state index contributed by atoms with van der Waals surface area (Å²) in [6.07, 6.45) is 0. The first-order valence-electron chi connectivity index (χ1n) is 5.01. The fourth-order valence-corrected chi connectivity index (χ4v) is 1.25. The van der Waals surface area contributed by atoms with Crippen molar-refractivity contribution in [2.45, 2.75) is 13.0 Å². The zero-order valence-corrected chi connectivity index (χ0v) is 9.89. The van der Waals surface area contributed by atoms with Gasteiger partial charge in [-0.25, -0.2) is 22.4 Å². The van der Waals surface area contributed by atoms with Gasteiger partial charge >= 0.3 is 5.97 Å². The van der Waals surface area contributed by atoms with Gasteiger partial charge in [0, 0.05) is 0 Å². The van der Waals surface area contributed by atoms with Crippen molar-refractivity contribution in [2.75, 3.05) is 7.11 Å². The molecule has 1 atom stereocenters. The first kappa shape index (κ1) is 14.9. The Labute approximate surface area is 105 Å². The van der Waals surface area contributed by atoms with Crippen molar-refractivity contribution < 1.29 is 31.9 Å². The number of carbonyl (C=O) groups excluding carboxylic acids is 2. The lowest BCUT2D eigenvalue weighted by atomic mass is 10.1. The van der Waals surface area contributed by atoms with Gasteiger partial charge in [-0.3, -0.25) is 4.79 Å². The third-order valence-corrected chi connectivity index (χ3v) is 2.25. The van der Waals surface area contributed by atoms with E-state index < -0.39 is 46.8 Å². The Kier molecular flexibility index (Phi) is 4.47. The van der Waals surface area contributed by atoms with Gasteiger partial charge in [0.15, 0.2) is 23.3 Å². The Bertz CT molecular complexity index is 533. The average molecular weight is 279 g/mol. The highest BCUT2D eigenvalue weighted by Gasteiger charge is 2.25. The first-order chi connectivity index (χ1) is 8.79. The van der Waals surface area contributed by atoms with Crippen LogP contribution in [0.4, 0.5) is 17.6 Å². The molecule has 8 heteroatoms. The Balaban J connectivity index is 3.05. The summed E-state index contributed by atoms with van der Waals surface area (Å²) in [5, 5.41) is 1.95. The molecule has 0 fully saturated rings. The van der Waals surface area contributed by atoms with Crippen molar-refractivity contribution in [2.24, 2.45) is 0 Å². The van der Waals surface area contributed by atoms with Gasteiger partial charge in [-0.05, 0) is 13.0 Å². The van der Waals surface area contributed by atoms with Crippen LogP contribution in [-0.4, -0.2) is 25.0 Å². The molecule has 1 amide bonds. The molecule has 4 nitrogen and oxygen atoms in total. The van der Waals surface area contributed by atoms with Crippen LogP contribution in [-0.2, 0) is 9.53 Å². The first-order valence-corrected chi connectivity index (χ1v) is 5.01. The lowest BCUT2D eigenvalue weighted by Crippen LogP contribution is -2.39. The number of amides is 1. The lowest BCUT2D eigenvalue weighted by Gasteiger charge is -2.12. The second-order valence-corrected chi connectivity index (χ2v) is 3.57. The van der Waals surface area contributed by atoms with Crippen LogP contribution in [0.3, 0.4) is 0 Å². The number of hydrogen-bond acceptors (Lipinski definition) is 3. The van der Waals surface area contributed by atoms with Gasteiger partial charge in [0.05, 0.1) is 12.7 Å². The molecule has 0 bridgehead atoms. The van der Waals surface area contributed by atoms with Gasteiger partial charge < -0.3 is 10.1 Å². The van der Waals surface area contributed by atoms with Crippen LogP contribution in [0.2, 0.25) is 0 Å². The molecule has 0 aromatic heterocycles. The summed E-state index contributed by atoms with van der Waals surface area (Å²) in [6.45, 7) is 1.22. The molecule has 0 saturated heterocycles. The van der Waals surface area contributed by atoms with Crippen LogP contribution >= 0.6 is 0 Å². The number of ether oxygens (including phenoxy) is 1. The van der Waals surface area contributed by atoms with E-state index in [-0.39, 0.29) is 6.07 Å². The molecule has 0 saturated carbocycles. The van der Waals surface area contributed by atoms with Crippen LogP contribution in [0, 0.1) is 23.3 Å². The van der Waals surface area contributed by atoms with E-state index in [1.54, 1.807) is 0 Å². The van der Waals surface area contributed by atoms with Gasteiger partial charge in [0.1, 0.15) is 6.04 Å². The van der Waals surface area contributed by atoms with E-state index in [1.165, 1.54) is 6.92 Å². The van der Waals surface area contributed by atoms with E-state index in [0.717, 1.165) is 7.11 Å². The second kappa shape index (κ2) is 5.68. The third-order valence-electron chi connectivity index (χ3n) is 2.25. The molecule has 104 valence electrons. The van der Waals surface area contributed by atoms with Crippen LogP contribution in [0.5, 0.6) is 0 Å². The molecule has 0 radical (unpaired) electrons. The molecule has 0 aliphatic heterocycles. The Hall–Kier alpha value is -2.12. The van der Waals surface area contributed by atoms with Gasteiger partial charge in [-0.1, -0.05) is 0 Å². The SMILES string of the molecule is COC(=O)C(C)NC(=O)c1cc(F)c(F)c(F)c1F. The zero-order valence-electron chi connectivity index (χ0n) is 9.89. The Morgan fingerprint density at radius 3 is 2.26 bits per heavy atom. The predicted molar refractivity (Wildman–Crippen MR) is 55.2 cm³/mol. The van der Waals surface area contributed by atoms with Crippen molar-refractivity contribution in [3.63, 3.8) is 0 Å². The van der Waals surface area contributed by atoms with Crippen molar-refractivity contribution in [1.82, 2.24) is 5.32 Å². The normalized spacial score (nSPS) is 11.9. The summed E-state index contributed by atoms with van der Waals surface area (Å²) in [4.78, 5) is 22.5. The Morgan fingerprint density at radius 1 is 1.16 bits per heavy atom. The number of carbonyl (C=O) groups is 2. The summed E-state index contributed by atoms with van der Waals surface area (Å²) >= 11 is 0. The van der Waals surface area contributed by atoms with Gasteiger partial charge in [-0.2, -0.15) is 0 Å². The molecule has 0 heterocycles. The monoisotopic (exact) mass is 279 g/mol. The molecule has 1 unspecified atom stereocenters. The highest BCUT2D eigenvalue weighted by atomic mass is 19.2. The summed E-state index contributed by atoms with van der Waals surface area (Å²) in [6, 6.07) is -0.958. The van der Waals surface area contributed by atoms with Crippen molar-refractivity contribution in [3.8, 4) is 0 Å². The van der Waals surface area contributed by atoms with Crippen LogP contribution in [0.15, 0.2) is 6.07 Å². The minimum absolute atomic E-state index is 0.201. The molecule has 1 rings (SSSR count). The molecule has 1 aromatic carbocycles. The van der Waals surface area contributed by atoms with Crippen LogP contribution in [0.1, 0.15) is 17.3 Å². The maximum Gasteiger partial charge on any atom is 0.328 e. The zero-order chi connectivity index (χ0) is 14.7. The summed E-state index contributed by atoms with van der Waals surface area (Å²) in [5.41, 5.74) is -1.05. The third kappa shape index (κ3) is 3.01. The van der Waals surface area contributed by atoms with E-state index in [4.69, 9.17) is 0 Å². The fourth-order valence-electron chi connectivity index (χ4n) is 1.25. The fraction of sp³-hybridized carbons (Fsp3) is 0.273. The number of benzene rings is 1. The molecular formula is C11H9F4NO3. The van der Waals surface area contributed by atoms with E-state index in [9.17, 15) is 27.2 Å². The highest BCUT2D eigenvalue weighted by Crippen LogP contribution is 2.18. The minimum atomic E-state index is -2.10. The van der Waals surface area contributed by atoms with Gasteiger partial charge in [-0.15, -0.1) is 0 Å². The molecule has 0 spiro atoms. The molecule has 1 aromatic rings. The minimum Gasteiger partial charge on any atom is -0.467 e. The molecular weight excluding hydrogens is 270 g/mol. The van der Waals surface area contributed by atoms with E-state index in [0.29, 0.717) is 0 Å². The smallest absolute Gasteiger partial charge is 0.328 e. The number of halogens is 4. The van der Waals surface area contributed by atoms with Crippen molar-refractivity contribution in [1.29, 1.82) is 0 Å². The van der Waals surface area contributed by atoms with Gasteiger partial charge in [0.2, 0.25) is 0 Å². The highest BCUT2D eigenvalue weighted by molar-refractivity contribution is 5.96. The van der Waals surface area contributed by atoms with Crippen molar-refractivity contribution in [3.05, 3.63) is 34.9 Å². The largest absolute Gasteiger partial charge is 0.467 e. The van der Waals surface area contributed by atoms with E-state index >= 15 is 0 Å². The molecule has 19 heavy (non-hydrogen) atoms. The number of methoxy groups -OCH3 is 1. The summed E-state index contributed by atoms with van der Waals surface area (Å²) in [7, 11) is 1.06. The summed E-state index contributed by atoms with van der Waals surface area (Å²) < 4.78 is 56.0. The second-order valence-electron chi connectivity index (χ2n) is 3.57. The summed E-state index contributed by atoms with van der Waals surface area (Å²) in [5.74, 6) is -9.78. The van der Waals surface area contributed by atoms with E-state index in [2.05, 4.69) is 4.74 Å². The Morgan fingerprint density at radius 2 is 1.74 bits per heavy atom. The van der Waals surface area contributed by atoms with Crippen LogP contribution < -0.4 is 5.32 Å². The standard InChI is InChI=1S/C11H9F4NO3/c1-4(11(18)19-2)16-10(17)5-3-6(12)8(14)9(15)7(5)13/h3-4H,1-2H3,(H,16,17). The topological polar surface area (TPSA) is 55.4 Å².